The predicted octanol–water partition coefficient (Wildman–Crippen LogP) is 3.92. The van der Waals surface area contributed by atoms with E-state index in [1.165, 1.54) is 0 Å². The first kappa shape index (κ1) is 15.3. The molecule has 0 saturated heterocycles. The van der Waals surface area contributed by atoms with E-state index >= 15 is 0 Å². The van der Waals surface area contributed by atoms with Gasteiger partial charge in [0.2, 0.25) is 0 Å². The number of anilines is 1. The van der Waals surface area contributed by atoms with Crippen molar-refractivity contribution in [3.05, 3.63) is 51.2 Å². The quantitative estimate of drug-likeness (QED) is 0.827. The van der Waals surface area contributed by atoms with Crippen molar-refractivity contribution in [2.45, 2.75) is 18.7 Å². The Labute approximate surface area is 131 Å². The molecule has 0 bridgehead atoms. The van der Waals surface area contributed by atoms with Gasteiger partial charge in [0.1, 0.15) is 5.15 Å². The Morgan fingerprint density at radius 2 is 1.90 bits per heavy atom. The molecule has 106 valence electrons. The Hall–Kier alpha value is -1.11. The van der Waals surface area contributed by atoms with E-state index in [-0.39, 0.29) is 4.90 Å². The smallest absolute Gasteiger partial charge is 0.262 e. The lowest BCUT2D eigenvalue weighted by molar-refractivity contribution is 0.600. The number of hydrogen-bond donors (Lipinski definition) is 1. The molecule has 0 aliphatic carbocycles. The van der Waals surface area contributed by atoms with Crippen LogP contribution < -0.4 is 4.72 Å². The molecule has 0 saturated carbocycles. The molecule has 0 spiro atoms. The number of hydrogen-bond acceptors (Lipinski definition) is 3. The SMILES string of the molecule is Cc1ccc(Br)cc1S(=O)(=O)Nc1ccc(Cl)nc1C. The summed E-state index contributed by atoms with van der Waals surface area (Å²) in [5, 5.41) is 0.323. The molecule has 0 radical (unpaired) electrons. The van der Waals surface area contributed by atoms with Crippen LogP contribution in [0.5, 0.6) is 0 Å². The summed E-state index contributed by atoms with van der Waals surface area (Å²) in [4.78, 5) is 4.24. The maximum atomic E-state index is 12.4. The van der Waals surface area contributed by atoms with Gasteiger partial charge in [-0.2, -0.15) is 0 Å². The predicted molar refractivity (Wildman–Crippen MR) is 83.7 cm³/mol. The first-order valence-corrected chi connectivity index (χ1v) is 8.37. The number of aromatic nitrogens is 1. The van der Waals surface area contributed by atoms with Gasteiger partial charge < -0.3 is 0 Å². The number of rotatable bonds is 3. The van der Waals surface area contributed by atoms with Crippen LogP contribution in [-0.2, 0) is 10.0 Å². The third kappa shape index (κ3) is 3.31. The van der Waals surface area contributed by atoms with Crippen LogP contribution in [0, 0.1) is 13.8 Å². The average molecular weight is 376 g/mol. The number of nitrogens with one attached hydrogen (secondary N) is 1. The van der Waals surface area contributed by atoms with Gasteiger partial charge in [-0.1, -0.05) is 33.6 Å². The highest BCUT2D eigenvalue weighted by Gasteiger charge is 2.18. The molecule has 1 aromatic heterocycles. The van der Waals surface area contributed by atoms with Gasteiger partial charge in [-0.05, 0) is 43.7 Å². The third-order valence-corrected chi connectivity index (χ3v) is 4.95. The fraction of sp³-hybridized carbons (Fsp3) is 0.154. The molecule has 2 rings (SSSR count). The zero-order valence-corrected chi connectivity index (χ0v) is 14.0. The second kappa shape index (κ2) is 5.71. The standard InChI is InChI=1S/C13H12BrClN2O2S/c1-8-3-4-10(14)7-12(8)20(18,19)17-11-5-6-13(15)16-9(11)2/h3-7,17H,1-2H3. The van der Waals surface area contributed by atoms with Crippen molar-refractivity contribution in [2.24, 2.45) is 0 Å². The highest BCUT2D eigenvalue weighted by atomic mass is 79.9. The van der Waals surface area contributed by atoms with Crippen molar-refractivity contribution in [3.8, 4) is 0 Å². The van der Waals surface area contributed by atoms with E-state index in [1.807, 2.05) is 0 Å². The zero-order valence-electron chi connectivity index (χ0n) is 10.8. The van der Waals surface area contributed by atoms with Crippen LogP contribution >= 0.6 is 27.5 Å². The molecule has 0 fully saturated rings. The molecule has 1 N–H and O–H groups in total. The van der Waals surface area contributed by atoms with Gasteiger partial charge in [0.05, 0.1) is 16.3 Å². The molecule has 2 aromatic rings. The van der Waals surface area contributed by atoms with E-state index in [2.05, 4.69) is 25.6 Å². The topological polar surface area (TPSA) is 59.1 Å². The Bertz CT molecular complexity index is 763. The van der Waals surface area contributed by atoms with E-state index in [1.54, 1.807) is 44.2 Å². The van der Waals surface area contributed by atoms with Crippen molar-refractivity contribution in [1.82, 2.24) is 4.98 Å². The first-order chi connectivity index (χ1) is 9.29. The van der Waals surface area contributed by atoms with Crippen molar-refractivity contribution >= 4 is 43.2 Å². The number of pyridine rings is 1. The summed E-state index contributed by atoms with van der Waals surface area (Å²) in [5.74, 6) is 0. The van der Waals surface area contributed by atoms with E-state index in [0.717, 1.165) is 0 Å². The van der Waals surface area contributed by atoms with E-state index < -0.39 is 10.0 Å². The van der Waals surface area contributed by atoms with E-state index in [4.69, 9.17) is 11.6 Å². The Kier molecular flexibility index (Phi) is 4.36. The van der Waals surface area contributed by atoms with Crippen LogP contribution in [0.4, 0.5) is 5.69 Å². The summed E-state index contributed by atoms with van der Waals surface area (Å²) >= 11 is 9.03. The Morgan fingerprint density at radius 3 is 2.55 bits per heavy atom. The van der Waals surface area contributed by atoms with Gasteiger partial charge >= 0.3 is 0 Å². The van der Waals surface area contributed by atoms with Gasteiger partial charge in [-0.15, -0.1) is 0 Å². The lowest BCUT2D eigenvalue weighted by Gasteiger charge is -2.12. The van der Waals surface area contributed by atoms with Gasteiger partial charge in [0.15, 0.2) is 0 Å². The van der Waals surface area contributed by atoms with Crippen molar-refractivity contribution in [3.63, 3.8) is 0 Å². The van der Waals surface area contributed by atoms with Crippen LogP contribution in [0.2, 0.25) is 5.15 Å². The molecule has 7 heteroatoms. The Morgan fingerprint density at radius 1 is 1.20 bits per heavy atom. The summed E-state index contributed by atoms with van der Waals surface area (Å²) in [5.41, 5.74) is 1.60. The van der Waals surface area contributed by atoms with Crippen LogP contribution in [0.1, 0.15) is 11.3 Å². The minimum absolute atomic E-state index is 0.223. The third-order valence-electron chi connectivity index (χ3n) is 2.74. The van der Waals surface area contributed by atoms with Crippen LogP contribution in [0.3, 0.4) is 0 Å². The highest BCUT2D eigenvalue weighted by molar-refractivity contribution is 9.10. The van der Waals surface area contributed by atoms with Crippen LogP contribution in [-0.4, -0.2) is 13.4 Å². The Balaban J connectivity index is 2.43. The van der Waals surface area contributed by atoms with Crippen LogP contribution in [0.25, 0.3) is 0 Å². The molecule has 1 heterocycles. The molecule has 0 aliphatic rings. The summed E-state index contributed by atoms with van der Waals surface area (Å²) in [6.45, 7) is 3.44. The summed E-state index contributed by atoms with van der Waals surface area (Å²) in [7, 11) is -3.66. The maximum absolute atomic E-state index is 12.4. The van der Waals surface area contributed by atoms with Crippen molar-refractivity contribution < 1.29 is 8.42 Å². The molecule has 0 unspecified atom stereocenters. The minimum atomic E-state index is -3.66. The fourth-order valence-corrected chi connectivity index (χ4v) is 3.79. The molecule has 1 aromatic carbocycles. The van der Waals surface area contributed by atoms with Crippen molar-refractivity contribution in [2.75, 3.05) is 4.72 Å². The number of halogens is 2. The minimum Gasteiger partial charge on any atom is -0.278 e. The maximum Gasteiger partial charge on any atom is 0.262 e. The van der Waals surface area contributed by atoms with Crippen molar-refractivity contribution in [1.29, 1.82) is 0 Å². The summed E-state index contributed by atoms with van der Waals surface area (Å²) in [6.07, 6.45) is 0. The van der Waals surface area contributed by atoms with Crippen LogP contribution in [0.15, 0.2) is 39.7 Å². The highest BCUT2D eigenvalue weighted by Crippen LogP contribution is 2.24. The summed E-state index contributed by atoms with van der Waals surface area (Å²) in [6, 6.07) is 8.24. The molecular weight excluding hydrogens is 364 g/mol. The molecule has 0 amide bonds. The number of benzene rings is 1. The van der Waals surface area contributed by atoms with Gasteiger partial charge in [-0.3, -0.25) is 4.72 Å². The second-order valence-electron chi connectivity index (χ2n) is 4.28. The molecular formula is C13H12BrClN2O2S. The van der Waals surface area contributed by atoms with E-state index in [0.29, 0.717) is 26.6 Å². The lowest BCUT2D eigenvalue weighted by Crippen LogP contribution is -2.15. The molecule has 0 aliphatic heterocycles. The first-order valence-electron chi connectivity index (χ1n) is 5.72. The van der Waals surface area contributed by atoms with Gasteiger partial charge in [-0.25, -0.2) is 13.4 Å². The lowest BCUT2D eigenvalue weighted by atomic mass is 10.2. The number of sulfonamides is 1. The molecule has 20 heavy (non-hydrogen) atoms. The fourth-order valence-electron chi connectivity index (χ4n) is 1.70. The van der Waals surface area contributed by atoms with E-state index in [9.17, 15) is 8.42 Å². The summed E-state index contributed by atoms with van der Waals surface area (Å²) < 4.78 is 28.1. The average Bonchev–Trinajstić information content (AvgIpc) is 2.35. The number of nitrogens with zero attached hydrogens (tertiary/aromatic N) is 1. The number of aryl methyl sites for hydroxylation is 2. The normalized spacial score (nSPS) is 11.4. The molecule has 0 atom stereocenters. The monoisotopic (exact) mass is 374 g/mol. The molecule has 4 nitrogen and oxygen atoms in total. The second-order valence-corrected chi connectivity index (χ2v) is 7.24. The zero-order chi connectivity index (χ0) is 14.9. The van der Waals surface area contributed by atoms with Gasteiger partial charge in [0.25, 0.3) is 10.0 Å². The van der Waals surface area contributed by atoms with Gasteiger partial charge in [0, 0.05) is 4.47 Å². The largest absolute Gasteiger partial charge is 0.278 e.